The van der Waals surface area contributed by atoms with E-state index in [0.29, 0.717) is 35.1 Å². The SMILES string of the molecule is CNc1ccccn1.COc1ccc(CNc2cc(=O)n(Cc3cccc(OC)n3)c(C)c2C=O)cc1. The van der Waals surface area contributed by atoms with E-state index in [4.69, 9.17) is 9.47 Å². The molecule has 0 bridgehead atoms. The van der Waals surface area contributed by atoms with Gasteiger partial charge in [0.1, 0.15) is 11.6 Å². The highest BCUT2D eigenvalue weighted by Gasteiger charge is 2.13. The maximum atomic E-state index is 12.7. The van der Waals surface area contributed by atoms with Crippen LogP contribution in [0.5, 0.6) is 11.6 Å². The van der Waals surface area contributed by atoms with Crippen LogP contribution in [0.15, 0.2) is 77.7 Å². The molecule has 4 aromatic rings. The standard InChI is InChI=1S/C22H23N3O4.C6H8N2/c1-15-19(14-26)20(23-12-16-7-9-18(28-2)10-8-16)11-22(27)25(15)13-17-5-4-6-21(24-17)29-3;1-7-6-4-2-3-5-8-6/h4-11,14,23H,12-13H2,1-3H3;2-5H,1H3,(H,7,8). The number of aldehydes is 1. The van der Waals surface area contributed by atoms with Crippen molar-refractivity contribution in [1.82, 2.24) is 14.5 Å². The zero-order chi connectivity index (χ0) is 26.6. The summed E-state index contributed by atoms with van der Waals surface area (Å²) in [5, 5.41) is 6.10. The molecule has 0 radical (unpaired) electrons. The van der Waals surface area contributed by atoms with E-state index in [2.05, 4.69) is 20.6 Å². The predicted molar refractivity (Wildman–Crippen MR) is 145 cm³/mol. The summed E-state index contributed by atoms with van der Waals surface area (Å²) in [7, 11) is 5.00. The van der Waals surface area contributed by atoms with Gasteiger partial charge in [-0.1, -0.05) is 24.3 Å². The molecule has 0 unspecified atom stereocenters. The third-order valence-corrected chi connectivity index (χ3v) is 5.61. The molecule has 192 valence electrons. The average molecular weight is 502 g/mol. The maximum Gasteiger partial charge on any atom is 0.253 e. The number of anilines is 2. The van der Waals surface area contributed by atoms with Crippen LogP contribution < -0.4 is 25.7 Å². The van der Waals surface area contributed by atoms with E-state index in [1.165, 1.54) is 17.7 Å². The summed E-state index contributed by atoms with van der Waals surface area (Å²) in [4.78, 5) is 32.8. The first-order chi connectivity index (χ1) is 18.0. The lowest BCUT2D eigenvalue weighted by Crippen LogP contribution is -2.25. The lowest BCUT2D eigenvalue weighted by atomic mass is 10.1. The molecule has 0 spiro atoms. The van der Waals surface area contributed by atoms with Crippen LogP contribution in [0.1, 0.15) is 27.3 Å². The second kappa shape index (κ2) is 13.4. The van der Waals surface area contributed by atoms with Gasteiger partial charge in [0, 0.05) is 37.6 Å². The molecule has 0 saturated carbocycles. The zero-order valence-electron chi connectivity index (χ0n) is 21.4. The molecule has 9 nitrogen and oxygen atoms in total. The lowest BCUT2D eigenvalue weighted by molar-refractivity contribution is 0.112. The van der Waals surface area contributed by atoms with Crippen LogP contribution in [-0.2, 0) is 13.1 Å². The largest absolute Gasteiger partial charge is 0.497 e. The van der Waals surface area contributed by atoms with Gasteiger partial charge in [-0.2, -0.15) is 0 Å². The molecule has 3 heterocycles. The Bertz CT molecular complexity index is 1360. The number of carbonyl (C=O) groups excluding carboxylic acids is 1. The van der Waals surface area contributed by atoms with Gasteiger partial charge < -0.3 is 24.7 Å². The van der Waals surface area contributed by atoms with Gasteiger partial charge in [0.05, 0.1) is 37.7 Å². The van der Waals surface area contributed by atoms with Crippen molar-refractivity contribution in [2.45, 2.75) is 20.0 Å². The third kappa shape index (κ3) is 7.41. The molecule has 0 atom stereocenters. The van der Waals surface area contributed by atoms with Gasteiger partial charge in [0.25, 0.3) is 5.56 Å². The molecule has 1 aromatic carbocycles. The van der Waals surface area contributed by atoms with Crippen LogP contribution in [0.3, 0.4) is 0 Å². The first-order valence-electron chi connectivity index (χ1n) is 11.6. The quantitative estimate of drug-likeness (QED) is 0.329. The molecular weight excluding hydrogens is 470 g/mol. The molecule has 0 fully saturated rings. The molecule has 0 aliphatic carbocycles. The number of benzene rings is 1. The number of nitrogens with zero attached hydrogens (tertiary/aromatic N) is 3. The van der Waals surface area contributed by atoms with E-state index >= 15 is 0 Å². The molecule has 0 saturated heterocycles. The number of ether oxygens (including phenoxy) is 2. The van der Waals surface area contributed by atoms with Gasteiger partial charge in [-0.05, 0) is 42.8 Å². The second-order valence-electron chi connectivity index (χ2n) is 7.94. The molecule has 2 N–H and O–H groups in total. The summed E-state index contributed by atoms with van der Waals surface area (Å²) in [5.74, 6) is 2.15. The summed E-state index contributed by atoms with van der Waals surface area (Å²) < 4.78 is 11.8. The molecule has 37 heavy (non-hydrogen) atoms. The van der Waals surface area contributed by atoms with Crippen molar-refractivity contribution >= 4 is 17.8 Å². The fourth-order valence-corrected chi connectivity index (χ4v) is 3.55. The van der Waals surface area contributed by atoms with E-state index < -0.39 is 0 Å². The van der Waals surface area contributed by atoms with E-state index in [9.17, 15) is 9.59 Å². The Morgan fingerprint density at radius 2 is 1.78 bits per heavy atom. The van der Waals surface area contributed by atoms with E-state index in [0.717, 1.165) is 23.4 Å². The van der Waals surface area contributed by atoms with Crippen LogP contribution in [0.25, 0.3) is 0 Å². The number of pyridine rings is 3. The van der Waals surface area contributed by atoms with E-state index in [1.54, 1.807) is 26.3 Å². The Morgan fingerprint density at radius 1 is 1.00 bits per heavy atom. The maximum absolute atomic E-state index is 12.7. The smallest absolute Gasteiger partial charge is 0.253 e. The minimum atomic E-state index is -0.213. The lowest BCUT2D eigenvalue weighted by Gasteiger charge is -2.16. The highest BCUT2D eigenvalue weighted by molar-refractivity contribution is 5.85. The number of rotatable bonds is 9. The third-order valence-electron chi connectivity index (χ3n) is 5.61. The Kier molecular flexibility index (Phi) is 9.78. The molecule has 4 rings (SSSR count). The van der Waals surface area contributed by atoms with Gasteiger partial charge in [0.2, 0.25) is 5.88 Å². The molecule has 3 aromatic heterocycles. The van der Waals surface area contributed by atoms with Crippen molar-refractivity contribution < 1.29 is 14.3 Å². The Balaban J connectivity index is 0.000000405. The van der Waals surface area contributed by atoms with E-state index in [1.807, 2.05) is 61.6 Å². The summed E-state index contributed by atoms with van der Waals surface area (Å²) in [6.07, 6.45) is 2.52. The highest BCUT2D eigenvalue weighted by atomic mass is 16.5. The Labute approximate surface area is 216 Å². The molecule has 0 aliphatic rings. The Hall–Kier alpha value is -4.66. The van der Waals surface area contributed by atoms with Crippen molar-refractivity contribution in [3.05, 3.63) is 106 Å². The van der Waals surface area contributed by atoms with Crippen molar-refractivity contribution in [3.8, 4) is 11.6 Å². The van der Waals surface area contributed by atoms with E-state index in [-0.39, 0.29) is 12.1 Å². The van der Waals surface area contributed by atoms with Crippen molar-refractivity contribution in [3.63, 3.8) is 0 Å². The van der Waals surface area contributed by atoms with Crippen LogP contribution in [0.2, 0.25) is 0 Å². The predicted octanol–water partition coefficient (Wildman–Crippen LogP) is 4.17. The minimum absolute atomic E-state index is 0.213. The Morgan fingerprint density at radius 3 is 2.38 bits per heavy atom. The number of carbonyl (C=O) groups is 1. The van der Waals surface area contributed by atoms with Gasteiger partial charge in [0.15, 0.2) is 6.29 Å². The number of hydrogen-bond acceptors (Lipinski definition) is 8. The molecular formula is C28H31N5O4. The fourth-order valence-electron chi connectivity index (χ4n) is 3.55. The van der Waals surface area contributed by atoms with Crippen molar-refractivity contribution in [2.75, 3.05) is 31.9 Å². The number of nitrogens with one attached hydrogen (secondary N) is 2. The minimum Gasteiger partial charge on any atom is -0.497 e. The van der Waals surface area contributed by atoms with Crippen LogP contribution in [0.4, 0.5) is 11.5 Å². The van der Waals surface area contributed by atoms with Crippen LogP contribution in [-0.4, -0.2) is 42.1 Å². The first kappa shape index (κ1) is 26.9. The molecule has 9 heteroatoms. The summed E-state index contributed by atoms with van der Waals surface area (Å²) in [6, 6.07) is 20.1. The fraction of sp³-hybridized carbons (Fsp3) is 0.214. The highest BCUT2D eigenvalue weighted by Crippen LogP contribution is 2.19. The van der Waals surface area contributed by atoms with Crippen LogP contribution >= 0.6 is 0 Å². The zero-order valence-corrected chi connectivity index (χ0v) is 21.4. The monoisotopic (exact) mass is 501 g/mol. The number of hydrogen-bond donors (Lipinski definition) is 2. The number of methoxy groups -OCH3 is 2. The normalized spacial score (nSPS) is 10.1. The van der Waals surface area contributed by atoms with Gasteiger partial charge >= 0.3 is 0 Å². The summed E-state index contributed by atoms with van der Waals surface area (Å²) >= 11 is 0. The molecule has 0 amide bonds. The van der Waals surface area contributed by atoms with Gasteiger partial charge in [-0.25, -0.2) is 9.97 Å². The average Bonchev–Trinajstić information content (AvgIpc) is 2.95. The van der Waals surface area contributed by atoms with Crippen molar-refractivity contribution in [2.24, 2.45) is 0 Å². The summed E-state index contributed by atoms with van der Waals surface area (Å²) in [5.41, 5.74) is 2.99. The first-order valence-corrected chi connectivity index (χ1v) is 11.6. The van der Waals surface area contributed by atoms with Crippen LogP contribution in [0, 0.1) is 6.92 Å². The van der Waals surface area contributed by atoms with Crippen molar-refractivity contribution in [1.29, 1.82) is 0 Å². The summed E-state index contributed by atoms with van der Waals surface area (Å²) in [6.45, 7) is 2.48. The van der Waals surface area contributed by atoms with Gasteiger partial charge in [-0.15, -0.1) is 0 Å². The van der Waals surface area contributed by atoms with Gasteiger partial charge in [-0.3, -0.25) is 9.59 Å². The molecule has 0 aliphatic heterocycles. The topological polar surface area (TPSA) is 107 Å². The second-order valence-corrected chi connectivity index (χ2v) is 7.94. The number of aromatic nitrogens is 3.